The van der Waals surface area contributed by atoms with E-state index in [2.05, 4.69) is 15.3 Å². The van der Waals surface area contributed by atoms with Crippen molar-refractivity contribution in [3.63, 3.8) is 0 Å². The van der Waals surface area contributed by atoms with Crippen molar-refractivity contribution in [2.24, 2.45) is 0 Å². The van der Waals surface area contributed by atoms with Crippen LogP contribution >= 0.6 is 0 Å². The topological polar surface area (TPSA) is 90.0 Å². The maximum atomic E-state index is 14.2. The van der Waals surface area contributed by atoms with Crippen LogP contribution < -0.4 is 5.32 Å². The SMILES string of the molecule is O=S(=O)(c1ccc(F)cc1)c1nc(-c2ccccc2F)oc1NCCCn1ccnc1. The lowest BCUT2D eigenvalue weighted by Gasteiger charge is -2.06. The van der Waals surface area contributed by atoms with Crippen molar-refractivity contribution in [2.45, 2.75) is 22.9 Å². The van der Waals surface area contributed by atoms with Gasteiger partial charge in [0.15, 0.2) is 0 Å². The van der Waals surface area contributed by atoms with E-state index in [1.807, 2.05) is 10.8 Å². The number of halogens is 2. The zero-order valence-corrected chi connectivity index (χ0v) is 17.0. The van der Waals surface area contributed by atoms with Gasteiger partial charge in [0.05, 0.1) is 16.8 Å². The summed E-state index contributed by atoms with van der Waals surface area (Å²) in [7, 11) is -4.14. The number of anilines is 1. The fourth-order valence-electron chi connectivity index (χ4n) is 2.96. The van der Waals surface area contributed by atoms with Crippen LogP contribution in [0, 0.1) is 11.6 Å². The number of nitrogens with zero attached hydrogens (tertiary/aromatic N) is 3. The van der Waals surface area contributed by atoms with Crippen LogP contribution in [0.5, 0.6) is 0 Å². The molecule has 160 valence electrons. The molecule has 2 heterocycles. The predicted octanol–water partition coefficient (Wildman–Crippen LogP) is 4.15. The summed E-state index contributed by atoms with van der Waals surface area (Å²) in [6, 6.07) is 10.1. The normalized spacial score (nSPS) is 11.5. The Morgan fingerprint density at radius 3 is 2.55 bits per heavy atom. The van der Waals surface area contributed by atoms with E-state index in [9.17, 15) is 17.2 Å². The molecule has 0 unspecified atom stereocenters. The smallest absolute Gasteiger partial charge is 0.233 e. The Balaban J connectivity index is 1.66. The number of imidazole rings is 1. The monoisotopic (exact) mass is 444 g/mol. The second-order valence-electron chi connectivity index (χ2n) is 6.67. The minimum Gasteiger partial charge on any atom is -0.419 e. The van der Waals surface area contributed by atoms with Gasteiger partial charge in [0.2, 0.25) is 26.6 Å². The summed E-state index contributed by atoms with van der Waals surface area (Å²) in [6.45, 7) is 1.03. The molecule has 2 aromatic carbocycles. The third-order valence-electron chi connectivity index (χ3n) is 4.52. The van der Waals surface area contributed by atoms with Crippen LogP contribution in [0.25, 0.3) is 11.5 Å². The third kappa shape index (κ3) is 4.48. The highest BCUT2D eigenvalue weighted by Gasteiger charge is 2.29. The zero-order valence-electron chi connectivity index (χ0n) is 16.2. The van der Waals surface area contributed by atoms with Crippen molar-refractivity contribution in [3.05, 3.63) is 78.9 Å². The largest absolute Gasteiger partial charge is 0.419 e. The van der Waals surface area contributed by atoms with Crippen molar-refractivity contribution < 1.29 is 21.6 Å². The highest BCUT2D eigenvalue weighted by molar-refractivity contribution is 7.91. The van der Waals surface area contributed by atoms with Crippen LogP contribution in [0.4, 0.5) is 14.7 Å². The molecule has 0 saturated carbocycles. The molecule has 0 bridgehead atoms. The van der Waals surface area contributed by atoms with E-state index in [0.29, 0.717) is 19.5 Å². The van der Waals surface area contributed by atoms with Gasteiger partial charge in [0.25, 0.3) is 0 Å². The van der Waals surface area contributed by atoms with Crippen molar-refractivity contribution in [2.75, 3.05) is 11.9 Å². The standard InChI is InChI=1S/C21H18F2N4O3S/c22-15-6-8-16(9-7-15)31(28,29)21-20(25-10-3-12-27-13-11-24-14-27)30-19(26-21)17-4-1-2-5-18(17)23/h1-2,4-9,11,13-14,25H,3,10,12H2. The van der Waals surface area contributed by atoms with E-state index in [1.54, 1.807) is 18.6 Å². The van der Waals surface area contributed by atoms with Crippen LogP contribution in [-0.2, 0) is 16.4 Å². The molecule has 0 atom stereocenters. The second-order valence-corrected chi connectivity index (χ2v) is 8.54. The molecule has 0 aliphatic heterocycles. The number of hydrogen-bond acceptors (Lipinski definition) is 6. The molecular formula is C21H18F2N4O3S. The first-order valence-corrected chi connectivity index (χ1v) is 10.9. The fourth-order valence-corrected chi connectivity index (χ4v) is 4.24. The molecular weight excluding hydrogens is 426 g/mol. The zero-order chi connectivity index (χ0) is 21.8. The molecule has 0 aliphatic rings. The molecule has 4 aromatic rings. The molecule has 4 rings (SSSR count). The maximum absolute atomic E-state index is 14.2. The highest BCUT2D eigenvalue weighted by Crippen LogP contribution is 2.33. The molecule has 0 spiro atoms. The van der Waals surface area contributed by atoms with E-state index < -0.39 is 21.5 Å². The van der Waals surface area contributed by atoms with E-state index in [0.717, 1.165) is 24.3 Å². The lowest BCUT2D eigenvalue weighted by atomic mass is 10.2. The first-order valence-electron chi connectivity index (χ1n) is 9.41. The summed E-state index contributed by atoms with van der Waals surface area (Å²) in [6.07, 6.45) is 5.80. The summed E-state index contributed by atoms with van der Waals surface area (Å²) >= 11 is 0. The molecule has 1 N–H and O–H groups in total. The lowest BCUT2D eigenvalue weighted by Crippen LogP contribution is -2.10. The van der Waals surface area contributed by atoms with Gasteiger partial charge < -0.3 is 14.3 Å². The van der Waals surface area contributed by atoms with E-state index in [1.165, 1.54) is 18.2 Å². The molecule has 0 aliphatic carbocycles. The lowest BCUT2D eigenvalue weighted by molar-refractivity contribution is 0.563. The summed E-state index contributed by atoms with van der Waals surface area (Å²) < 4.78 is 61.2. The number of benzene rings is 2. The number of oxazole rings is 1. The molecule has 0 saturated heterocycles. The van der Waals surface area contributed by atoms with Crippen molar-refractivity contribution >= 4 is 15.7 Å². The summed E-state index contributed by atoms with van der Waals surface area (Å²) in [5, 5.41) is 2.55. The molecule has 2 aromatic heterocycles. The first-order chi connectivity index (χ1) is 14.9. The Kier molecular flexibility index (Phi) is 5.81. The minimum atomic E-state index is -4.14. The van der Waals surface area contributed by atoms with Gasteiger partial charge in [-0.2, -0.15) is 4.98 Å². The Hall–Kier alpha value is -3.53. The van der Waals surface area contributed by atoms with Gasteiger partial charge in [-0.1, -0.05) is 12.1 Å². The number of aryl methyl sites for hydroxylation is 1. The third-order valence-corrected chi connectivity index (χ3v) is 6.20. The van der Waals surface area contributed by atoms with Crippen molar-refractivity contribution in [1.82, 2.24) is 14.5 Å². The van der Waals surface area contributed by atoms with Gasteiger partial charge in [0.1, 0.15) is 11.6 Å². The molecule has 7 nitrogen and oxygen atoms in total. The summed E-state index contributed by atoms with van der Waals surface area (Å²) in [5.41, 5.74) is 0.0320. The Bertz CT molecular complexity index is 1270. The van der Waals surface area contributed by atoms with Crippen LogP contribution in [0.2, 0.25) is 0 Å². The number of sulfone groups is 1. The number of nitrogens with one attached hydrogen (secondary N) is 1. The van der Waals surface area contributed by atoms with Gasteiger partial charge in [-0.25, -0.2) is 22.2 Å². The van der Waals surface area contributed by atoms with Crippen LogP contribution in [-0.4, -0.2) is 29.5 Å². The van der Waals surface area contributed by atoms with Gasteiger partial charge in [-0.15, -0.1) is 0 Å². The van der Waals surface area contributed by atoms with Crippen molar-refractivity contribution in [3.8, 4) is 11.5 Å². The average molecular weight is 444 g/mol. The van der Waals surface area contributed by atoms with Gasteiger partial charge in [-0.3, -0.25) is 0 Å². The Labute approximate surface area is 177 Å². The molecule has 31 heavy (non-hydrogen) atoms. The number of rotatable bonds is 8. The fraction of sp³-hybridized carbons (Fsp3) is 0.143. The number of hydrogen-bond donors (Lipinski definition) is 1. The minimum absolute atomic E-state index is 0.0320. The maximum Gasteiger partial charge on any atom is 0.233 e. The Morgan fingerprint density at radius 1 is 1.06 bits per heavy atom. The molecule has 0 fully saturated rings. The van der Waals surface area contributed by atoms with Crippen LogP contribution in [0.1, 0.15) is 6.42 Å². The van der Waals surface area contributed by atoms with E-state index in [4.69, 9.17) is 4.42 Å². The van der Waals surface area contributed by atoms with Crippen molar-refractivity contribution in [1.29, 1.82) is 0 Å². The predicted molar refractivity (Wildman–Crippen MR) is 109 cm³/mol. The number of aromatic nitrogens is 3. The average Bonchev–Trinajstić information content (AvgIpc) is 3.42. The van der Waals surface area contributed by atoms with Crippen LogP contribution in [0.3, 0.4) is 0 Å². The van der Waals surface area contributed by atoms with E-state index in [-0.39, 0.29) is 27.3 Å². The molecule has 0 amide bonds. The van der Waals surface area contributed by atoms with Gasteiger partial charge in [-0.05, 0) is 42.8 Å². The van der Waals surface area contributed by atoms with E-state index >= 15 is 0 Å². The molecule has 10 heteroatoms. The Morgan fingerprint density at radius 2 is 1.84 bits per heavy atom. The van der Waals surface area contributed by atoms with Crippen LogP contribution in [0.15, 0.2) is 81.6 Å². The first kappa shape index (κ1) is 20.7. The second kappa shape index (κ2) is 8.68. The quantitative estimate of drug-likeness (QED) is 0.324. The highest BCUT2D eigenvalue weighted by atomic mass is 32.2. The summed E-state index contributed by atoms with van der Waals surface area (Å²) in [4.78, 5) is 7.89. The molecule has 0 radical (unpaired) electrons. The summed E-state index contributed by atoms with van der Waals surface area (Å²) in [5.74, 6) is -1.44. The van der Waals surface area contributed by atoms with Gasteiger partial charge >= 0.3 is 0 Å². The van der Waals surface area contributed by atoms with Gasteiger partial charge in [0, 0.05) is 25.5 Å².